The Labute approximate surface area is 149 Å². The summed E-state index contributed by atoms with van der Waals surface area (Å²) in [5, 5.41) is 5.13. The van der Waals surface area contributed by atoms with E-state index in [-0.39, 0.29) is 24.5 Å². The smallest absolute Gasteiger partial charge is 0.348 e. The molecule has 0 radical (unpaired) electrons. The summed E-state index contributed by atoms with van der Waals surface area (Å²) >= 11 is 1.45. The first-order valence-corrected chi connectivity index (χ1v) is 9.07. The Hall–Kier alpha value is -2.35. The van der Waals surface area contributed by atoms with Gasteiger partial charge in [0, 0.05) is 4.88 Å². The highest BCUT2D eigenvalue weighted by Crippen LogP contribution is 2.31. The van der Waals surface area contributed by atoms with Crippen molar-refractivity contribution >= 4 is 29.3 Å². The largest absolute Gasteiger partial charge is 0.463 e. The standard InChI is InChI=1S/C17H20N2O5S/c1-3-23-16(21)14-9(2)18-17(22)19-11(14)8-24-15(20)13-7-10-5-4-6-12(10)25-13/h7,9H,3-6,8H2,1-2H3,(H2,18,19,22)/t9-/m1/s1. The lowest BCUT2D eigenvalue weighted by atomic mass is 10.0. The molecule has 3 rings (SSSR count). The molecule has 2 heterocycles. The molecular formula is C17H20N2O5S. The average Bonchev–Trinajstić information content (AvgIpc) is 3.13. The molecule has 8 heteroatoms. The molecule has 0 spiro atoms. The van der Waals surface area contributed by atoms with Crippen LogP contribution in [0.3, 0.4) is 0 Å². The highest BCUT2D eigenvalue weighted by atomic mass is 32.1. The minimum absolute atomic E-state index is 0.187. The zero-order valence-electron chi connectivity index (χ0n) is 14.1. The first kappa shape index (κ1) is 17.5. The minimum Gasteiger partial charge on any atom is -0.463 e. The number of thiophene rings is 1. The second kappa shape index (κ2) is 7.26. The van der Waals surface area contributed by atoms with E-state index >= 15 is 0 Å². The molecule has 0 saturated carbocycles. The molecular weight excluding hydrogens is 344 g/mol. The van der Waals surface area contributed by atoms with Gasteiger partial charge < -0.3 is 20.1 Å². The summed E-state index contributed by atoms with van der Waals surface area (Å²) in [7, 11) is 0. The zero-order valence-corrected chi connectivity index (χ0v) is 15.0. The number of hydrogen-bond acceptors (Lipinski definition) is 6. The molecule has 0 unspecified atom stereocenters. The van der Waals surface area contributed by atoms with Crippen LogP contribution in [0.1, 0.15) is 40.4 Å². The molecule has 1 atom stereocenters. The van der Waals surface area contributed by atoms with E-state index < -0.39 is 24.0 Å². The maximum atomic E-state index is 12.3. The Balaban J connectivity index is 1.73. The van der Waals surface area contributed by atoms with Crippen molar-refractivity contribution in [2.45, 2.75) is 39.2 Å². The summed E-state index contributed by atoms with van der Waals surface area (Å²) in [6.07, 6.45) is 3.13. The molecule has 0 saturated heterocycles. The van der Waals surface area contributed by atoms with E-state index in [9.17, 15) is 14.4 Å². The summed E-state index contributed by atoms with van der Waals surface area (Å²) in [5.41, 5.74) is 1.74. The Kier molecular flexibility index (Phi) is 5.08. The van der Waals surface area contributed by atoms with Crippen LogP contribution in [0.5, 0.6) is 0 Å². The van der Waals surface area contributed by atoms with Gasteiger partial charge in [-0.1, -0.05) is 0 Å². The number of fused-ring (bicyclic) bond motifs is 1. The molecule has 1 aromatic rings. The van der Waals surface area contributed by atoms with Gasteiger partial charge in [-0.05, 0) is 44.7 Å². The lowest BCUT2D eigenvalue weighted by molar-refractivity contribution is -0.139. The Bertz CT molecular complexity index is 731. The van der Waals surface area contributed by atoms with Crippen LogP contribution in [-0.2, 0) is 27.1 Å². The van der Waals surface area contributed by atoms with Crippen molar-refractivity contribution < 1.29 is 23.9 Å². The number of carbonyl (C=O) groups excluding carboxylic acids is 3. The summed E-state index contributed by atoms with van der Waals surface area (Å²) < 4.78 is 10.3. The molecule has 2 amide bonds. The monoisotopic (exact) mass is 364 g/mol. The van der Waals surface area contributed by atoms with Crippen LogP contribution >= 0.6 is 11.3 Å². The van der Waals surface area contributed by atoms with Crippen LogP contribution in [0.15, 0.2) is 17.3 Å². The fourth-order valence-electron chi connectivity index (χ4n) is 3.03. The third kappa shape index (κ3) is 3.68. The minimum atomic E-state index is -0.538. The topological polar surface area (TPSA) is 93.7 Å². The SMILES string of the molecule is CCOC(=O)C1=C(COC(=O)c2cc3c(s2)CCC3)NC(=O)N[C@@H]1C. The molecule has 2 aliphatic rings. The molecule has 1 aliphatic carbocycles. The maximum absolute atomic E-state index is 12.3. The third-order valence-electron chi connectivity index (χ3n) is 4.16. The maximum Gasteiger partial charge on any atom is 0.348 e. The first-order chi connectivity index (χ1) is 12.0. The molecule has 1 aromatic heterocycles. The van der Waals surface area contributed by atoms with Crippen molar-refractivity contribution in [2.24, 2.45) is 0 Å². The summed E-state index contributed by atoms with van der Waals surface area (Å²) in [4.78, 5) is 37.9. The molecule has 1 aliphatic heterocycles. The predicted molar refractivity (Wildman–Crippen MR) is 91.4 cm³/mol. The average molecular weight is 364 g/mol. The number of esters is 2. The second-order valence-corrected chi connectivity index (χ2v) is 7.06. The number of ether oxygens (including phenoxy) is 2. The number of nitrogens with one attached hydrogen (secondary N) is 2. The van der Waals surface area contributed by atoms with E-state index in [1.165, 1.54) is 21.8 Å². The fraction of sp³-hybridized carbons (Fsp3) is 0.471. The number of amides is 2. The van der Waals surface area contributed by atoms with E-state index in [1.807, 2.05) is 6.07 Å². The summed E-state index contributed by atoms with van der Waals surface area (Å²) in [5.74, 6) is -0.987. The van der Waals surface area contributed by atoms with E-state index in [4.69, 9.17) is 9.47 Å². The van der Waals surface area contributed by atoms with Crippen LogP contribution < -0.4 is 10.6 Å². The summed E-state index contributed by atoms with van der Waals surface area (Å²) in [6.45, 7) is 3.41. The van der Waals surface area contributed by atoms with E-state index in [2.05, 4.69) is 10.6 Å². The van der Waals surface area contributed by atoms with Gasteiger partial charge in [-0.25, -0.2) is 14.4 Å². The van der Waals surface area contributed by atoms with Crippen molar-refractivity contribution in [2.75, 3.05) is 13.2 Å². The van der Waals surface area contributed by atoms with E-state index in [0.717, 1.165) is 19.3 Å². The van der Waals surface area contributed by atoms with Crippen molar-refractivity contribution in [1.82, 2.24) is 10.6 Å². The third-order valence-corrected chi connectivity index (χ3v) is 5.38. The van der Waals surface area contributed by atoms with Crippen molar-refractivity contribution in [3.63, 3.8) is 0 Å². The Morgan fingerprint density at radius 1 is 1.28 bits per heavy atom. The number of rotatable bonds is 5. The van der Waals surface area contributed by atoms with Gasteiger partial charge in [-0.2, -0.15) is 0 Å². The van der Waals surface area contributed by atoms with Crippen LogP contribution in [-0.4, -0.2) is 37.2 Å². The van der Waals surface area contributed by atoms with E-state index in [1.54, 1.807) is 13.8 Å². The lowest BCUT2D eigenvalue weighted by Gasteiger charge is -2.26. The highest BCUT2D eigenvalue weighted by molar-refractivity contribution is 7.14. The highest BCUT2D eigenvalue weighted by Gasteiger charge is 2.30. The second-order valence-electron chi connectivity index (χ2n) is 5.92. The molecule has 0 aromatic carbocycles. The first-order valence-electron chi connectivity index (χ1n) is 8.26. The van der Waals surface area contributed by atoms with Gasteiger partial charge in [0.1, 0.15) is 11.5 Å². The number of carbonyl (C=O) groups is 3. The number of hydrogen-bond donors (Lipinski definition) is 2. The van der Waals surface area contributed by atoms with E-state index in [0.29, 0.717) is 4.88 Å². The molecule has 134 valence electrons. The van der Waals surface area contributed by atoms with Gasteiger partial charge in [-0.15, -0.1) is 11.3 Å². The number of urea groups is 1. The van der Waals surface area contributed by atoms with Crippen LogP contribution in [0.4, 0.5) is 4.79 Å². The van der Waals surface area contributed by atoms with Gasteiger partial charge in [0.2, 0.25) is 0 Å². The Morgan fingerprint density at radius 2 is 2.08 bits per heavy atom. The molecule has 0 fully saturated rings. The summed E-state index contributed by atoms with van der Waals surface area (Å²) in [6, 6.07) is 0.910. The Morgan fingerprint density at radius 3 is 2.80 bits per heavy atom. The molecule has 0 bridgehead atoms. The quantitative estimate of drug-likeness (QED) is 0.779. The zero-order chi connectivity index (χ0) is 18.0. The van der Waals surface area contributed by atoms with Crippen LogP contribution in [0.2, 0.25) is 0 Å². The van der Waals surface area contributed by atoms with Crippen LogP contribution in [0, 0.1) is 0 Å². The van der Waals surface area contributed by atoms with Gasteiger partial charge >= 0.3 is 18.0 Å². The van der Waals surface area contributed by atoms with Gasteiger partial charge in [0.25, 0.3) is 0 Å². The van der Waals surface area contributed by atoms with Crippen molar-refractivity contribution in [3.8, 4) is 0 Å². The fourth-order valence-corrected chi connectivity index (χ4v) is 4.18. The van der Waals surface area contributed by atoms with Gasteiger partial charge in [-0.3, -0.25) is 0 Å². The normalized spacial score (nSPS) is 19.1. The van der Waals surface area contributed by atoms with Crippen molar-refractivity contribution in [3.05, 3.63) is 32.7 Å². The number of aryl methyl sites for hydroxylation is 2. The van der Waals surface area contributed by atoms with Gasteiger partial charge in [0.05, 0.1) is 23.9 Å². The van der Waals surface area contributed by atoms with Crippen molar-refractivity contribution in [1.29, 1.82) is 0 Å². The van der Waals surface area contributed by atoms with Crippen LogP contribution in [0.25, 0.3) is 0 Å². The lowest BCUT2D eigenvalue weighted by Crippen LogP contribution is -2.50. The molecule has 7 nitrogen and oxygen atoms in total. The molecule has 2 N–H and O–H groups in total. The van der Waals surface area contributed by atoms with Gasteiger partial charge in [0.15, 0.2) is 0 Å². The predicted octanol–water partition coefficient (Wildman–Crippen LogP) is 1.91. The molecule has 25 heavy (non-hydrogen) atoms.